The largest absolute Gasteiger partial charge is 0.348 e. The van der Waals surface area contributed by atoms with Gasteiger partial charge in [-0.2, -0.15) is 0 Å². The Morgan fingerprint density at radius 2 is 0.873 bits per heavy atom. The molecule has 2 heteroatoms. The third-order valence-electron chi connectivity index (χ3n) is 11.8. The zero-order chi connectivity index (χ0) is 39.4. The molecule has 0 aliphatic carbocycles. The van der Waals surface area contributed by atoms with Crippen molar-refractivity contribution in [2.75, 3.05) is 0 Å². The van der Waals surface area contributed by atoms with Crippen LogP contribution >= 0.6 is 0 Å². The molecule has 0 saturated heterocycles. The van der Waals surface area contributed by atoms with Crippen LogP contribution < -0.4 is 0 Å². The Hall–Kier alpha value is -2.66. The minimum absolute atomic E-state index is 0.885. The van der Waals surface area contributed by atoms with Gasteiger partial charge >= 0.3 is 5.87 Å². The summed E-state index contributed by atoms with van der Waals surface area (Å²) in [7, 11) is 0. The molecule has 0 N–H and O–H groups in total. The van der Waals surface area contributed by atoms with Crippen molar-refractivity contribution in [3.8, 4) is 0 Å². The van der Waals surface area contributed by atoms with Crippen molar-refractivity contribution in [3.63, 3.8) is 0 Å². The Labute approximate surface area is 342 Å². The van der Waals surface area contributed by atoms with Gasteiger partial charge in [0.15, 0.2) is 0 Å². The quantitative estimate of drug-likeness (QED) is 0.0219. The first-order chi connectivity index (χ1) is 27.2. The number of aryl methyl sites for hydroxylation is 2. The Morgan fingerprint density at radius 3 is 1.35 bits per heavy atom. The fourth-order valence-electron chi connectivity index (χ4n) is 8.20. The Balaban J connectivity index is 1.74. The molecule has 0 amide bonds. The van der Waals surface area contributed by atoms with E-state index >= 15 is 0 Å². The highest BCUT2D eigenvalue weighted by Gasteiger charge is 2.18. The molecule has 308 valence electrons. The first-order valence-corrected chi connectivity index (χ1v) is 24.1. The number of hydrogen-bond donors (Lipinski definition) is 0. The molecule has 0 aliphatic heterocycles. The zero-order valence-corrected chi connectivity index (χ0v) is 36.8. The van der Waals surface area contributed by atoms with E-state index in [1.807, 2.05) is 0 Å². The van der Waals surface area contributed by atoms with Crippen molar-refractivity contribution in [1.82, 2.24) is 0 Å². The number of rotatable bonds is 36. The van der Waals surface area contributed by atoms with Crippen molar-refractivity contribution in [2.45, 2.75) is 240 Å². The molecule has 0 spiro atoms. The molecular weight excluding hydrogens is 665 g/mol. The number of benzene rings is 2. The van der Waals surface area contributed by atoms with E-state index in [2.05, 4.69) is 86.9 Å². The topological polar surface area (TPSA) is 36.4 Å². The van der Waals surface area contributed by atoms with Crippen molar-refractivity contribution < 1.29 is 4.79 Å². The normalized spacial score (nSPS) is 11.7. The predicted molar refractivity (Wildman–Crippen MR) is 244 cm³/mol. The lowest BCUT2D eigenvalue weighted by molar-refractivity contribution is 0.00739. The van der Waals surface area contributed by atoms with Crippen LogP contribution in [0.4, 0.5) is 0 Å². The minimum atomic E-state index is 0.885. The molecular formula is C53H86N2. The van der Waals surface area contributed by atoms with Gasteiger partial charge in [-0.1, -0.05) is 237 Å². The summed E-state index contributed by atoms with van der Waals surface area (Å²) in [5.74, 6) is 3.03. The second-order valence-electron chi connectivity index (χ2n) is 16.8. The number of allylic oxidation sites excluding steroid dienone is 2. The van der Waals surface area contributed by atoms with E-state index in [1.165, 1.54) is 194 Å². The first kappa shape index (κ1) is 48.5. The molecule has 2 aromatic rings. The van der Waals surface area contributed by atoms with E-state index in [9.17, 15) is 5.53 Å². The van der Waals surface area contributed by atoms with Crippen LogP contribution in [0.2, 0.25) is 0 Å². The van der Waals surface area contributed by atoms with Gasteiger partial charge in [-0.25, -0.2) is 0 Å². The van der Waals surface area contributed by atoms with Gasteiger partial charge in [-0.3, -0.25) is 0 Å². The molecule has 2 nitrogen and oxygen atoms in total. The molecule has 0 saturated carbocycles. The highest BCUT2D eigenvalue weighted by molar-refractivity contribution is 5.87. The summed E-state index contributed by atoms with van der Waals surface area (Å²) in [5, 5.41) is 0. The molecule has 0 unspecified atom stereocenters. The molecule has 2 rings (SSSR count). The van der Waals surface area contributed by atoms with E-state index in [1.54, 1.807) is 0 Å². The maximum Gasteiger partial charge on any atom is 0.303 e. The summed E-state index contributed by atoms with van der Waals surface area (Å²) in [6.07, 6.45) is 43.9. The Kier molecular flexibility index (Phi) is 30.5. The molecule has 0 fully saturated rings. The average molecular weight is 751 g/mol. The summed E-state index contributed by atoms with van der Waals surface area (Å²) in [5.41, 5.74) is 18.7. The van der Waals surface area contributed by atoms with E-state index in [0.717, 1.165) is 56.9 Å². The second-order valence-corrected chi connectivity index (χ2v) is 16.8. The zero-order valence-electron chi connectivity index (χ0n) is 36.8. The monoisotopic (exact) mass is 751 g/mol. The van der Waals surface area contributed by atoms with Gasteiger partial charge in [0.1, 0.15) is 0 Å². The third kappa shape index (κ3) is 23.2. The molecule has 0 heterocycles. The van der Waals surface area contributed by atoms with Crippen LogP contribution in [-0.4, -0.2) is 10.7 Å². The van der Waals surface area contributed by atoms with Crippen LogP contribution in [0.5, 0.6) is 0 Å². The lowest BCUT2D eigenvalue weighted by Crippen LogP contribution is -2.02. The summed E-state index contributed by atoms with van der Waals surface area (Å²) in [6, 6.07) is 18.6. The average Bonchev–Trinajstić information content (AvgIpc) is 3.21. The van der Waals surface area contributed by atoms with E-state index in [0.29, 0.717) is 0 Å². The van der Waals surface area contributed by atoms with Gasteiger partial charge in [0.05, 0.1) is 5.57 Å². The maximum atomic E-state index is 9.65. The molecule has 0 radical (unpaired) electrons. The summed E-state index contributed by atoms with van der Waals surface area (Å²) < 4.78 is 0. The third-order valence-corrected chi connectivity index (χ3v) is 11.8. The van der Waals surface area contributed by atoms with Crippen molar-refractivity contribution in [1.29, 1.82) is 0 Å². The van der Waals surface area contributed by atoms with Crippen LogP contribution in [0.1, 0.15) is 249 Å². The predicted octanol–water partition coefficient (Wildman–Crippen LogP) is 17.6. The van der Waals surface area contributed by atoms with Gasteiger partial charge in [0.2, 0.25) is 0 Å². The molecule has 0 aliphatic rings. The molecule has 0 atom stereocenters. The minimum Gasteiger partial charge on any atom is -0.348 e. The highest BCUT2D eigenvalue weighted by atomic mass is 14.8. The van der Waals surface area contributed by atoms with Gasteiger partial charge in [-0.15, -0.1) is 4.79 Å². The lowest BCUT2D eigenvalue weighted by Gasteiger charge is -2.18. The fraction of sp³-hybridized carbons (Fsp3) is 0.698. The molecule has 0 aromatic heterocycles. The van der Waals surface area contributed by atoms with E-state index in [4.69, 9.17) is 0 Å². The lowest BCUT2D eigenvalue weighted by atomic mass is 9.84. The van der Waals surface area contributed by atoms with Crippen molar-refractivity contribution in [2.24, 2.45) is 0 Å². The summed E-state index contributed by atoms with van der Waals surface area (Å²) in [6.45, 7) is 9.05. The Bertz CT molecular complexity index is 1320. The van der Waals surface area contributed by atoms with Crippen LogP contribution in [0.3, 0.4) is 0 Å². The SMILES string of the molecule is CCCCCCCCCCCCCCCCCCCCCCCCCc1ccc(C(=C(CCCC)C(=C=[N+]=[N-])CCCC)c2cccc(CCCC)c2)cc1. The second kappa shape index (κ2) is 34.6. The van der Waals surface area contributed by atoms with Crippen LogP contribution in [0, 0.1) is 0 Å². The number of unbranched alkanes of at least 4 members (excludes halogenated alkanes) is 25. The van der Waals surface area contributed by atoms with Crippen LogP contribution in [-0.2, 0) is 12.8 Å². The van der Waals surface area contributed by atoms with Crippen LogP contribution in [0.15, 0.2) is 59.7 Å². The first-order valence-electron chi connectivity index (χ1n) is 24.1. The molecule has 2 aromatic carbocycles. The van der Waals surface area contributed by atoms with Gasteiger partial charge < -0.3 is 5.53 Å². The highest BCUT2D eigenvalue weighted by Crippen LogP contribution is 2.35. The van der Waals surface area contributed by atoms with Gasteiger partial charge in [-0.05, 0) is 84.8 Å². The summed E-state index contributed by atoms with van der Waals surface area (Å²) >= 11 is 0. The van der Waals surface area contributed by atoms with Gasteiger partial charge in [0.25, 0.3) is 0 Å². The number of hydrogen-bond acceptors (Lipinski definition) is 0. The standard InChI is InChI=1S/C53H86N2/c1-5-9-13-14-15-16-17-18-19-20-21-22-23-24-25-26-27-28-29-30-31-32-33-36-47-41-43-49(44-42-47)53(50-39-34-37-48(45-50)35-10-6-2)52(40-12-8-4)51(46-55-54)38-11-7-3/h34,37,39,41-45H,5-33,35-36,38,40H2,1-4H3. The molecule has 0 bridgehead atoms. The smallest absolute Gasteiger partial charge is 0.303 e. The Morgan fingerprint density at radius 1 is 0.436 bits per heavy atom. The van der Waals surface area contributed by atoms with E-state index in [-0.39, 0.29) is 0 Å². The molecule has 55 heavy (non-hydrogen) atoms. The van der Waals surface area contributed by atoms with Crippen molar-refractivity contribution >= 4 is 11.4 Å². The fourth-order valence-corrected chi connectivity index (χ4v) is 8.20. The maximum absolute atomic E-state index is 9.65. The number of nitrogens with zero attached hydrogens (tertiary/aromatic N) is 2. The van der Waals surface area contributed by atoms with Crippen molar-refractivity contribution in [3.05, 3.63) is 87.5 Å². The summed E-state index contributed by atoms with van der Waals surface area (Å²) in [4.78, 5) is 3.44. The van der Waals surface area contributed by atoms with Crippen LogP contribution in [0.25, 0.3) is 11.1 Å². The van der Waals surface area contributed by atoms with Gasteiger partial charge in [0, 0.05) is 0 Å². The van der Waals surface area contributed by atoms with E-state index < -0.39 is 0 Å².